The largest absolute Gasteiger partial charge is 0.366 e. The van der Waals surface area contributed by atoms with E-state index in [2.05, 4.69) is 10.1 Å². The Morgan fingerprint density at radius 2 is 1.72 bits per heavy atom. The maximum atomic E-state index is 14.1. The van der Waals surface area contributed by atoms with Crippen molar-refractivity contribution in [3.63, 3.8) is 0 Å². The highest BCUT2D eigenvalue weighted by Crippen LogP contribution is 2.43. The van der Waals surface area contributed by atoms with Gasteiger partial charge in [0.25, 0.3) is 12.3 Å². The molecule has 2 aromatic heterocycles. The Bertz CT molecular complexity index is 1400. The number of carbonyl (C=O) groups excluding carboxylic acids is 2. The molecule has 162 valence electrons. The number of aromatic nitrogens is 3. The quantitative estimate of drug-likeness (QED) is 0.440. The first-order chi connectivity index (χ1) is 15.2. The molecule has 32 heavy (non-hydrogen) atoms. The van der Waals surface area contributed by atoms with E-state index in [1.54, 1.807) is 24.3 Å². The fourth-order valence-electron chi connectivity index (χ4n) is 3.49. The van der Waals surface area contributed by atoms with Gasteiger partial charge in [0.05, 0.1) is 10.0 Å². The summed E-state index contributed by atoms with van der Waals surface area (Å²) >= 11 is 12.7. The predicted octanol–water partition coefficient (Wildman–Crippen LogP) is 4.53. The van der Waals surface area contributed by atoms with Crippen LogP contribution in [0.2, 0.25) is 10.0 Å². The molecular formula is C21H13Cl2F2N5O2. The van der Waals surface area contributed by atoms with Gasteiger partial charge in [0.15, 0.2) is 5.82 Å². The summed E-state index contributed by atoms with van der Waals surface area (Å²) in [7, 11) is 0. The number of halogens is 4. The van der Waals surface area contributed by atoms with Gasteiger partial charge in [-0.3, -0.25) is 9.59 Å². The lowest BCUT2D eigenvalue weighted by molar-refractivity contribution is 0.0986. The monoisotopic (exact) mass is 475 g/mol. The number of pyridine rings is 1. The molecule has 0 radical (unpaired) electrons. The molecule has 0 aliphatic heterocycles. The first-order valence-corrected chi connectivity index (χ1v) is 9.81. The maximum Gasteiger partial charge on any atom is 0.282 e. The number of hydrogen-bond donors (Lipinski definition) is 2. The molecule has 2 heterocycles. The third-order valence-electron chi connectivity index (χ3n) is 4.79. The number of carbonyl (C=O) groups is 2. The fourth-order valence-corrected chi connectivity index (χ4v) is 4.06. The van der Waals surface area contributed by atoms with Gasteiger partial charge in [-0.15, -0.1) is 0 Å². The minimum Gasteiger partial charge on any atom is -0.366 e. The van der Waals surface area contributed by atoms with Crippen molar-refractivity contribution in [3.05, 3.63) is 75.7 Å². The van der Waals surface area contributed by atoms with E-state index < -0.39 is 35.2 Å². The second-order valence-electron chi connectivity index (χ2n) is 6.69. The van der Waals surface area contributed by atoms with Gasteiger partial charge in [0.2, 0.25) is 5.91 Å². The van der Waals surface area contributed by atoms with Crippen LogP contribution in [-0.4, -0.2) is 26.6 Å². The fraction of sp³-hybridized carbons (Fsp3) is 0.0476. The van der Waals surface area contributed by atoms with E-state index in [-0.39, 0.29) is 27.0 Å². The molecule has 2 amide bonds. The molecule has 4 aromatic rings. The Balaban J connectivity index is 2.20. The van der Waals surface area contributed by atoms with Crippen LogP contribution in [0, 0.1) is 0 Å². The molecule has 0 atom stereocenters. The summed E-state index contributed by atoms with van der Waals surface area (Å²) in [4.78, 5) is 28.8. The van der Waals surface area contributed by atoms with Crippen LogP contribution in [-0.2, 0) is 0 Å². The highest BCUT2D eigenvalue weighted by Gasteiger charge is 2.33. The van der Waals surface area contributed by atoms with Gasteiger partial charge in [0.1, 0.15) is 11.4 Å². The summed E-state index contributed by atoms with van der Waals surface area (Å²) in [6.45, 7) is 0. The third-order valence-corrected chi connectivity index (χ3v) is 5.48. The second kappa shape index (κ2) is 8.18. The number of rotatable bonds is 5. The molecule has 11 heteroatoms. The number of nitrogens with two attached hydrogens (primary N) is 2. The van der Waals surface area contributed by atoms with Crippen molar-refractivity contribution in [1.82, 2.24) is 14.8 Å². The minimum atomic E-state index is -3.16. The second-order valence-corrected chi connectivity index (χ2v) is 7.48. The van der Waals surface area contributed by atoms with Crippen LogP contribution in [0.25, 0.3) is 27.7 Å². The smallest absolute Gasteiger partial charge is 0.282 e. The lowest BCUT2D eigenvalue weighted by atomic mass is 9.93. The predicted molar refractivity (Wildman–Crippen MR) is 116 cm³/mol. The van der Waals surface area contributed by atoms with Crippen molar-refractivity contribution >= 4 is 45.8 Å². The molecule has 0 aliphatic carbocycles. The van der Waals surface area contributed by atoms with Crippen molar-refractivity contribution < 1.29 is 18.4 Å². The van der Waals surface area contributed by atoms with Crippen molar-refractivity contribution in [3.8, 4) is 16.9 Å². The molecule has 0 saturated heterocycles. The maximum absolute atomic E-state index is 14.1. The van der Waals surface area contributed by atoms with Crippen LogP contribution >= 0.6 is 23.2 Å². The molecule has 7 nitrogen and oxygen atoms in total. The first-order valence-electron chi connectivity index (χ1n) is 9.05. The lowest BCUT2D eigenvalue weighted by Crippen LogP contribution is -2.19. The molecule has 0 saturated carbocycles. The number of alkyl halides is 2. The summed E-state index contributed by atoms with van der Waals surface area (Å²) in [5.41, 5.74) is 9.03. The zero-order valence-electron chi connectivity index (χ0n) is 16.0. The van der Waals surface area contributed by atoms with Gasteiger partial charge >= 0.3 is 0 Å². The molecule has 2 aromatic carbocycles. The first kappa shape index (κ1) is 21.7. The third kappa shape index (κ3) is 3.45. The number of nitrogens with zero attached hydrogens (tertiary/aromatic N) is 3. The SMILES string of the molecule is NC(=O)c1cc2ccccc2c(Cl)c1-c1c(C(F)F)nn(-c2ncccc2Cl)c1C(N)=O. The topological polar surface area (TPSA) is 117 Å². The van der Waals surface area contributed by atoms with Gasteiger partial charge in [-0.25, -0.2) is 18.4 Å². The van der Waals surface area contributed by atoms with E-state index in [9.17, 15) is 18.4 Å². The van der Waals surface area contributed by atoms with Gasteiger partial charge in [-0.1, -0.05) is 47.5 Å². The van der Waals surface area contributed by atoms with E-state index >= 15 is 0 Å². The van der Waals surface area contributed by atoms with Crippen molar-refractivity contribution in [2.75, 3.05) is 0 Å². The van der Waals surface area contributed by atoms with Crippen molar-refractivity contribution in [2.45, 2.75) is 6.43 Å². The number of hydrogen-bond acceptors (Lipinski definition) is 4. The molecule has 0 fully saturated rings. The van der Waals surface area contributed by atoms with Gasteiger partial charge in [0, 0.05) is 28.3 Å². The molecule has 0 spiro atoms. The van der Waals surface area contributed by atoms with Gasteiger partial charge < -0.3 is 11.5 Å². The number of fused-ring (bicyclic) bond motifs is 1. The van der Waals surface area contributed by atoms with Gasteiger partial charge in [-0.05, 0) is 23.6 Å². The van der Waals surface area contributed by atoms with E-state index in [1.165, 1.54) is 24.4 Å². The molecule has 4 N–H and O–H groups in total. The summed E-state index contributed by atoms with van der Waals surface area (Å²) in [5, 5.41) is 4.84. The molecule has 0 bridgehead atoms. The highest BCUT2D eigenvalue weighted by atomic mass is 35.5. The summed E-state index contributed by atoms with van der Waals surface area (Å²) in [5.74, 6) is -2.15. The van der Waals surface area contributed by atoms with Crippen LogP contribution in [0.4, 0.5) is 8.78 Å². The standard InChI is InChI=1S/C21H13Cl2F2N5O2/c22-12-6-3-7-28-21(12)30-17(20(27)32)14(16(29-30)18(24)25)13-11(19(26)31)8-9-4-1-2-5-10(9)15(13)23/h1-8,18H,(H2,26,31)(H2,27,32). The van der Waals surface area contributed by atoms with E-state index in [0.717, 1.165) is 4.68 Å². The van der Waals surface area contributed by atoms with Crippen molar-refractivity contribution in [1.29, 1.82) is 0 Å². The zero-order chi connectivity index (χ0) is 23.2. The Morgan fingerprint density at radius 1 is 1.00 bits per heavy atom. The highest BCUT2D eigenvalue weighted by molar-refractivity contribution is 6.39. The average Bonchev–Trinajstić information content (AvgIpc) is 3.14. The Kier molecular flexibility index (Phi) is 5.53. The van der Waals surface area contributed by atoms with E-state index in [0.29, 0.717) is 10.8 Å². The molecule has 0 aliphatic rings. The average molecular weight is 476 g/mol. The minimum absolute atomic E-state index is 0.0320. The number of amides is 2. The van der Waals surface area contributed by atoms with Crippen molar-refractivity contribution in [2.24, 2.45) is 11.5 Å². The normalized spacial score (nSPS) is 11.3. The number of primary amides is 2. The van der Waals surface area contributed by atoms with Gasteiger partial charge in [-0.2, -0.15) is 5.10 Å². The lowest BCUT2D eigenvalue weighted by Gasteiger charge is -2.14. The van der Waals surface area contributed by atoms with Crippen LogP contribution in [0.5, 0.6) is 0 Å². The summed E-state index contributed by atoms with van der Waals surface area (Å²) < 4.78 is 29.1. The van der Waals surface area contributed by atoms with Crippen LogP contribution in [0.3, 0.4) is 0 Å². The molecular weight excluding hydrogens is 463 g/mol. The summed E-state index contributed by atoms with van der Waals surface area (Å²) in [6.07, 6.45) is -1.82. The van der Waals surface area contributed by atoms with Crippen LogP contribution in [0.1, 0.15) is 33.0 Å². The van der Waals surface area contributed by atoms with E-state index in [4.69, 9.17) is 34.7 Å². The van der Waals surface area contributed by atoms with Crippen LogP contribution in [0.15, 0.2) is 48.7 Å². The number of benzene rings is 2. The summed E-state index contributed by atoms with van der Waals surface area (Å²) in [6, 6.07) is 11.1. The Hall–Kier alpha value is -3.56. The molecule has 0 unspecified atom stereocenters. The van der Waals surface area contributed by atoms with Crippen LogP contribution < -0.4 is 11.5 Å². The zero-order valence-corrected chi connectivity index (χ0v) is 17.5. The van der Waals surface area contributed by atoms with E-state index in [1.807, 2.05) is 0 Å². The molecule has 4 rings (SSSR count). The Labute approximate surface area is 189 Å². The Morgan fingerprint density at radius 3 is 2.34 bits per heavy atom.